The van der Waals surface area contributed by atoms with Gasteiger partial charge in [0.1, 0.15) is 0 Å². The second kappa shape index (κ2) is 4.64. The number of rotatable bonds is 0. The second-order valence-electron chi connectivity index (χ2n) is 4.70. The largest absolute Gasteiger partial charge is 0.466 e. The van der Waals surface area contributed by atoms with Gasteiger partial charge in [-0.15, -0.1) is 0 Å². The Labute approximate surface area is 80.7 Å². The number of esters is 1. The zero-order chi connectivity index (χ0) is 9.73. The summed E-state index contributed by atoms with van der Waals surface area (Å²) in [5, 5.41) is 0. The van der Waals surface area contributed by atoms with E-state index < -0.39 is 0 Å². The Kier molecular flexibility index (Phi) is 3.76. The fraction of sp³-hybridized carbons (Fsp3) is 0.909. The molecule has 0 unspecified atom stereocenters. The van der Waals surface area contributed by atoms with Crippen LogP contribution in [0.2, 0.25) is 0 Å². The molecule has 76 valence electrons. The highest BCUT2D eigenvalue weighted by molar-refractivity contribution is 5.69. The summed E-state index contributed by atoms with van der Waals surface area (Å²) in [6.07, 6.45) is 6.28. The molecule has 0 aromatic rings. The van der Waals surface area contributed by atoms with Gasteiger partial charge in [0, 0.05) is 6.42 Å². The molecule has 0 radical (unpaired) electrons. The first-order chi connectivity index (χ1) is 6.10. The van der Waals surface area contributed by atoms with Crippen molar-refractivity contribution in [2.24, 2.45) is 5.41 Å². The minimum absolute atomic E-state index is 0.0185. The van der Waals surface area contributed by atoms with Gasteiger partial charge in [-0.1, -0.05) is 26.7 Å². The average molecular weight is 184 g/mol. The Hall–Kier alpha value is -0.530. The molecule has 0 aromatic heterocycles. The van der Waals surface area contributed by atoms with Crippen LogP contribution in [0, 0.1) is 5.41 Å². The number of hydrogen-bond acceptors (Lipinski definition) is 2. The normalized spacial score (nSPS) is 24.9. The van der Waals surface area contributed by atoms with Crippen LogP contribution < -0.4 is 0 Å². The Morgan fingerprint density at radius 3 is 2.69 bits per heavy atom. The van der Waals surface area contributed by atoms with Crippen molar-refractivity contribution in [3.8, 4) is 0 Å². The first-order valence-electron chi connectivity index (χ1n) is 5.26. The van der Waals surface area contributed by atoms with Gasteiger partial charge in [0.15, 0.2) is 0 Å². The van der Waals surface area contributed by atoms with Gasteiger partial charge in [-0.25, -0.2) is 0 Å². The fourth-order valence-corrected chi connectivity index (χ4v) is 1.71. The van der Waals surface area contributed by atoms with Crippen molar-refractivity contribution in [3.63, 3.8) is 0 Å². The van der Waals surface area contributed by atoms with Crippen LogP contribution in [0.25, 0.3) is 0 Å². The van der Waals surface area contributed by atoms with Gasteiger partial charge in [0.2, 0.25) is 0 Å². The maximum absolute atomic E-state index is 11.2. The van der Waals surface area contributed by atoms with E-state index in [0.717, 1.165) is 12.8 Å². The summed E-state index contributed by atoms with van der Waals surface area (Å²) in [6, 6.07) is 0. The molecule has 0 amide bonds. The molecule has 0 aliphatic carbocycles. The summed E-state index contributed by atoms with van der Waals surface area (Å²) in [5.41, 5.74) is 0.316. The molecule has 0 aromatic carbocycles. The van der Waals surface area contributed by atoms with Gasteiger partial charge < -0.3 is 4.74 Å². The van der Waals surface area contributed by atoms with Crippen molar-refractivity contribution in [1.82, 2.24) is 0 Å². The Balaban J connectivity index is 2.41. The highest BCUT2D eigenvalue weighted by atomic mass is 16.5. The molecule has 0 spiro atoms. The van der Waals surface area contributed by atoms with Crippen LogP contribution in [-0.2, 0) is 9.53 Å². The number of hydrogen-bond donors (Lipinski definition) is 0. The number of ether oxygens (including phenoxy) is 1. The highest BCUT2D eigenvalue weighted by Crippen LogP contribution is 2.29. The lowest BCUT2D eigenvalue weighted by atomic mass is 9.82. The summed E-state index contributed by atoms with van der Waals surface area (Å²) in [6.45, 7) is 5.10. The third-order valence-electron chi connectivity index (χ3n) is 2.77. The van der Waals surface area contributed by atoms with Gasteiger partial charge in [-0.2, -0.15) is 0 Å². The van der Waals surface area contributed by atoms with E-state index in [0.29, 0.717) is 18.4 Å². The van der Waals surface area contributed by atoms with Crippen molar-refractivity contribution >= 4 is 5.97 Å². The molecule has 2 nitrogen and oxygen atoms in total. The number of cyclic esters (lactones) is 1. The molecular formula is C11H20O2. The smallest absolute Gasteiger partial charge is 0.305 e. The van der Waals surface area contributed by atoms with E-state index in [9.17, 15) is 4.79 Å². The van der Waals surface area contributed by atoms with E-state index in [4.69, 9.17) is 4.74 Å². The standard InChI is InChI=1S/C11H20O2/c1-11(2)7-4-3-5-9-13-10(12)6-8-11/h3-9H2,1-2H3. The van der Waals surface area contributed by atoms with Gasteiger partial charge >= 0.3 is 5.97 Å². The van der Waals surface area contributed by atoms with Crippen LogP contribution in [0.15, 0.2) is 0 Å². The molecule has 1 saturated heterocycles. The van der Waals surface area contributed by atoms with Crippen molar-refractivity contribution in [1.29, 1.82) is 0 Å². The van der Waals surface area contributed by atoms with Crippen LogP contribution in [-0.4, -0.2) is 12.6 Å². The first-order valence-corrected chi connectivity index (χ1v) is 5.26. The Morgan fingerprint density at radius 1 is 1.15 bits per heavy atom. The van der Waals surface area contributed by atoms with E-state index in [1.807, 2.05) is 0 Å². The fourth-order valence-electron chi connectivity index (χ4n) is 1.71. The summed E-state index contributed by atoms with van der Waals surface area (Å²) in [7, 11) is 0. The molecule has 0 bridgehead atoms. The molecule has 0 saturated carbocycles. The average Bonchev–Trinajstić information content (AvgIpc) is 2.07. The zero-order valence-corrected chi connectivity index (χ0v) is 8.77. The van der Waals surface area contributed by atoms with Crippen LogP contribution in [0.1, 0.15) is 52.4 Å². The molecule has 1 heterocycles. The van der Waals surface area contributed by atoms with E-state index in [1.165, 1.54) is 19.3 Å². The van der Waals surface area contributed by atoms with E-state index >= 15 is 0 Å². The first kappa shape index (κ1) is 10.6. The predicted octanol–water partition coefficient (Wildman–Crippen LogP) is 2.91. The monoisotopic (exact) mass is 184 g/mol. The third-order valence-corrected chi connectivity index (χ3v) is 2.77. The van der Waals surface area contributed by atoms with Crippen LogP contribution in [0.3, 0.4) is 0 Å². The van der Waals surface area contributed by atoms with Crippen LogP contribution in [0.4, 0.5) is 0 Å². The topological polar surface area (TPSA) is 26.3 Å². The van der Waals surface area contributed by atoms with Gasteiger partial charge in [0.05, 0.1) is 6.61 Å². The van der Waals surface area contributed by atoms with Crippen LogP contribution >= 0.6 is 0 Å². The van der Waals surface area contributed by atoms with Crippen molar-refractivity contribution in [2.45, 2.75) is 52.4 Å². The van der Waals surface area contributed by atoms with E-state index in [1.54, 1.807) is 0 Å². The third kappa shape index (κ3) is 4.30. The lowest BCUT2D eigenvalue weighted by Crippen LogP contribution is -2.16. The van der Waals surface area contributed by atoms with Gasteiger partial charge in [-0.05, 0) is 24.7 Å². The number of carbonyl (C=O) groups is 1. The Bertz CT molecular complexity index is 173. The number of carbonyl (C=O) groups excluding carboxylic acids is 1. The molecule has 0 atom stereocenters. The van der Waals surface area contributed by atoms with Crippen molar-refractivity contribution in [2.75, 3.05) is 6.61 Å². The molecular weight excluding hydrogens is 164 g/mol. The Morgan fingerprint density at radius 2 is 1.92 bits per heavy atom. The molecule has 1 aliphatic heterocycles. The van der Waals surface area contributed by atoms with E-state index in [2.05, 4.69) is 13.8 Å². The van der Waals surface area contributed by atoms with Crippen molar-refractivity contribution < 1.29 is 9.53 Å². The second-order valence-corrected chi connectivity index (χ2v) is 4.70. The van der Waals surface area contributed by atoms with E-state index in [-0.39, 0.29) is 5.97 Å². The summed E-state index contributed by atoms with van der Waals surface area (Å²) >= 11 is 0. The summed E-state index contributed by atoms with van der Waals surface area (Å²) in [5.74, 6) is -0.0185. The van der Waals surface area contributed by atoms with Gasteiger partial charge in [-0.3, -0.25) is 4.79 Å². The molecule has 13 heavy (non-hydrogen) atoms. The molecule has 1 rings (SSSR count). The van der Waals surface area contributed by atoms with Crippen LogP contribution in [0.5, 0.6) is 0 Å². The highest BCUT2D eigenvalue weighted by Gasteiger charge is 2.20. The lowest BCUT2D eigenvalue weighted by molar-refractivity contribution is -0.144. The molecule has 1 fully saturated rings. The van der Waals surface area contributed by atoms with Gasteiger partial charge in [0.25, 0.3) is 0 Å². The quantitative estimate of drug-likeness (QED) is 0.541. The summed E-state index contributed by atoms with van der Waals surface area (Å²) < 4.78 is 5.07. The summed E-state index contributed by atoms with van der Waals surface area (Å²) in [4.78, 5) is 11.2. The van der Waals surface area contributed by atoms with Crippen molar-refractivity contribution in [3.05, 3.63) is 0 Å². The molecule has 0 N–H and O–H groups in total. The SMILES string of the molecule is CC1(C)CCCCCOC(=O)CC1. The predicted molar refractivity (Wildman–Crippen MR) is 52.4 cm³/mol. The maximum atomic E-state index is 11.2. The maximum Gasteiger partial charge on any atom is 0.305 e. The molecule has 2 heteroatoms. The molecule has 1 aliphatic rings. The minimum atomic E-state index is -0.0185. The minimum Gasteiger partial charge on any atom is -0.466 e. The zero-order valence-electron chi connectivity index (χ0n) is 8.77. The lowest BCUT2D eigenvalue weighted by Gasteiger charge is -2.25.